The Hall–Kier alpha value is -1.41. The maximum Gasteiger partial charge on any atom is 0.168 e. The molecule has 1 aromatic carbocycles. The molecule has 16 heavy (non-hydrogen) atoms. The van der Waals surface area contributed by atoms with Gasteiger partial charge in [-0.2, -0.15) is 0 Å². The van der Waals surface area contributed by atoms with Crippen LogP contribution in [0.2, 0.25) is 0 Å². The summed E-state index contributed by atoms with van der Waals surface area (Å²) in [6.45, 7) is 1.91. The molecule has 0 spiro atoms. The summed E-state index contributed by atoms with van der Waals surface area (Å²) in [5.74, 6) is 0.250. The van der Waals surface area contributed by atoms with Gasteiger partial charge < -0.3 is 0 Å². The first-order valence-corrected chi connectivity index (χ1v) is 6.70. The maximum absolute atomic E-state index is 11.7. The van der Waals surface area contributed by atoms with Gasteiger partial charge in [-0.1, -0.05) is 43.3 Å². The summed E-state index contributed by atoms with van der Waals surface area (Å²) in [6.07, 6.45) is 4.50. The number of hydrogen-bond acceptors (Lipinski definition) is 1. The van der Waals surface area contributed by atoms with Gasteiger partial charge in [-0.3, -0.25) is 4.79 Å². The molecule has 0 amide bonds. The molecule has 1 heterocycles. The normalized spacial score (nSPS) is 18.8. The van der Waals surface area contributed by atoms with Crippen LogP contribution in [0.3, 0.4) is 0 Å². The van der Waals surface area contributed by atoms with Gasteiger partial charge in [-0.25, -0.2) is 0 Å². The fraction of sp³-hybridized carbons (Fsp3) is 0.143. The minimum absolute atomic E-state index is 0.140. The van der Waals surface area contributed by atoms with Gasteiger partial charge in [-0.05, 0) is 22.4 Å². The summed E-state index contributed by atoms with van der Waals surface area (Å²) >= 11 is 0. The van der Waals surface area contributed by atoms with E-state index in [1.807, 2.05) is 37.3 Å². The van der Waals surface area contributed by atoms with Crippen LogP contribution in [0.15, 0.2) is 52.8 Å². The SMILES string of the molecule is CCC(=O)C1=CC=CS1=Cc1ccccc1. The van der Waals surface area contributed by atoms with E-state index < -0.39 is 0 Å². The number of rotatable bonds is 3. The zero-order valence-electron chi connectivity index (χ0n) is 9.22. The zero-order chi connectivity index (χ0) is 11.4. The predicted octanol–water partition coefficient (Wildman–Crippen LogP) is 3.50. The number of carbonyl (C=O) groups is 1. The average Bonchev–Trinajstić information content (AvgIpc) is 2.77. The van der Waals surface area contributed by atoms with Gasteiger partial charge in [0.1, 0.15) is 0 Å². The van der Waals surface area contributed by atoms with E-state index in [4.69, 9.17) is 0 Å². The smallest absolute Gasteiger partial charge is 0.168 e. The average molecular weight is 230 g/mol. The van der Waals surface area contributed by atoms with Crippen molar-refractivity contribution in [2.45, 2.75) is 13.3 Å². The Kier molecular flexibility index (Phi) is 3.52. The van der Waals surface area contributed by atoms with Gasteiger partial charge in [0, 0.05) is 11.3 Å². The molecule has 0 saturated carbocycles. The molecule has 0 saturated heterocycles. The first kappa shape index (κ1) is 11.1. The summed E-state index contributed by atoms with van der Waals surface area (Å²) in [5.41, 5.74) is 1.17. The molecule has 1 unspecified atom stereocenters. The number of allylic oxidation sites excluding steroid dienone is 3. The van der Waals surface area contributed by atoms with E-state index in [0.717, 1.165) is 4.91 Å². The summed E-state index contributed by atoms with van der Waals surface area (Å²) in [6, 6.07) is 10.2. The van der Waals surface area contributed by atoms with Crippen LogP contribution in [0.5, 0.6) is 0 Å². The Balaban J connectivity index is 2.29. The van der Waals surface area contributed by atoms with Crippen LogP contribution in [0.1, 0.15) is 18.9 Å². The van der Waals surface area contributed by atoms with Crippen molar-refractivity contribution in [2.24, 2.45) is 0 Å². The Bertz CT molecular complexity index is 481. The lowest BCUT2D eigenvalue weighted by molar-refractivity contribution is -0.114. The fourth-order valence-electron chi connectivity index (χ4n) is 1.54. The lowest BCUT2D eigenvalue weighted by Gasteiger charge is -2.03. The van der Waals surface area contributed by atoms with Crippen molar-refractivity contribution in [2.75, 3.05) is 0 Å². The van der Waals surface area contributed by atoms with Crippen LogP contribution in [0.25, 0.3) is 0 Å². The van der Waals surface area contributed by atoms with Crippen molar-refractivity contribution in [3.8, 4) is 0 Å². The number of hydrogen-bond donors (Lipinski definition) is 0. The van der Waals surface area contributed by atoms with E-state index in [9.17, 15) is 4.79 Å². The van der Waals surface area contributed by atoms with E-state index in [0.29, 0.717) is 6.42 Å². The van der Waals surface area contributed by atoms with E-state index in [1.54, 1.807) is 0 Å². The van der Waals surface area contributed by atoms with E-state index in [-0.39, 0.29) is 16.3 Å². The van der Waals surface area contributed by atoms with Crippen LogP contribution in [0.4, 0.5) is 0 Å². The molecule has 0 aliphatic carbocycles. The molecular weight excluding hydrogens is 216 g/mol. The Morgan fingerprint density at radius 1 is 1.31 bits per heavy atom. The molecule has 0 radical (unpaired) electrons. The summed E-state index contributed by atoms with van der Waals surface area (Å²) < 4.78 is 0. The molecule has 0 bridgehead atoms. The molecule has 0 fully saturated rings. The van der Waals surface area contributed by atoms with Crippen LogP contribution in [0, 0.1) is 0 Å². The van der Waals surface area contributed by atoms with Crippen LogP contribution in [-0.4, -0.2) is 11.2 Å². The molecule has 1 atom stereocenters. The third-order valence-corrected chi connectivity index (χ3v) is 4.23. The van der Waals surface area contributed by atoms with Crippen molar-refractivity contribution in [1.82, 2.24) is 0 Å². The number of Topliss-reactive ketones (excluding diaryl/α,β-unsaturated/α-hetero) is 1. The lowest BCUT2D eigenvalue weighted by atomic mass is 10.2. The third kappa shape index (κ3) is 2.39. The minimum Gasteiger partial charge on any atom is -0.294 e. The van der Waals surface area contributed by atoms with Gasteiger partial charge in [0.25, 0.3) is 0 Å². The molecular formula is C14H14OS. The Morgan fingerprint density at radius 3 is 2.75 bits per heavy atom. The van der Waals surface area contributed by atoms with Gasteiger partial charge in [0.15, 0.2) is 5.78 Å². The Labute approximate surface area is 98.4 Å². The number of ketones is 1. The molecule has 82 valence electrons. The highest BCUT2D eigenvalue weighted by Gasteiger charge is 2.12. The largest absolute Gasteiger partial charge is 0.294 e. The van der Waals surface area contributed by atoms with Crippen molar-refractivity contribution < 1.29 is 4.79 Å². The molecule has 0 aromatic heterocycles. The minimum atomic E-state index is -0.140. The number of carbonyl (C=O) groups excluding carboxylic acids is 1. The van der Waals surface area contributed by atoms with Crippen molar-refractivity contribution in [1.29, 1.82) is 0 Å². The first-order chi connectivity index (χ1) is 7.81. The molecule has 1 aliphatic heterocycles. The molecule has 2 rings (SSSR count). The van der Waals surface area contributed by atoms with Gasteiger partial charge in [0.05, 0.1) is 0 Å². The maximum atomic E-state index is 11.7. The zero-order valence-corrected chi connectivity index (χ0v) is 10.0. The van der Waals surface area contributed by atoms with Crippen molar-refractivity contribution >= 4 is 21.6 Å². The third-order valence-electron chi connectivity index (χ3n) is 2.39. The fourth-order valence-corrected chi connectivity index (χ4v) is 3.24. The van der Waals surface area contributed by atoms with E-state index in [1.165, 1.54) is 5.56 Å². The summed E-state index contributed by atoms with van der Waals surface area (Å²) in [7, 11) is -0.140. The summed E-state index contributed by atoms with van der Waals surface area (Å²) in [4.78, 5) is 12.6. The van der Waals surface area contributed by atoms with Crippen LogP contribution in [-0.2, 0) is 4.79 Å². The van der Waals surface area contributed by atoms with Crippen LogP contribution >= 0.6 is 10.5 Å². The quantitative estimate of drug-likeness (QED) is 0.726. The highest BCUT2D eigenvalue weighted by molar-refractivity contribution is 8.22. The van der Waals surface area contributed by atoms with E-state index in [2.05, 4.69) is 22.9 Å². The highest BCUT2D eigenvalue weighted by Crippen LogP contribution is 2.33. The van der Waals surface area contributed by atoms with Crippen molar-refractivity contribution in [3.63, 3.8) is 0 Å². The van der Waals surface area contributed by atoms with Gasteiger partial charge in [-0.15, -0.1) is 10.5 Å². The molecule has 0 N–H and O–H groups in total. The van der Waals surface area contributed by atoms with Crippen molar-refractivity contribution in [3.05, 3.63) is 58.4 Å². The van der Waals surface area contributed by atoms with Crippen LogP contribution < -0.4 is 0 Å². The highest BCUT2D eigenvalue weighted by atomic mass is 32.2. The second kappa shape index (κ2) is 5.08. The number of benzene rings is 1. The predicted molar refractivity (Wildman–Crippen MR) is 71.7 cm³/mol. The van der Waals surface area contributed by atoms with Gasteiger partial charge in [0.2, 0.25) is 0 Å². The van der Waals surface area contributed by atoms with E-state index >= 15 is 0 Å². The topological polar surface area (TPSA) is 17.1 Å². The second-order valence-electron chi connectivity index (χ2n) is 3.54. The first-order valence-electron chi connectivity index (χ1n) is 5.35. The lowest BCUT2D eigenvalue weighted by Crippen LogP contribution is -1.96. The van der Waals surface area contributed by atoms with Gasteiger partial charge >= 0.3 is 0 Å². The molecule has 1 aliphatic rings. The molecule has 2 heteroatoms. The Morgan fingerprint density at radius 2 is 2.06 bits per heavy atom. The molecule has 1 nitrogen and oxygen atoms in total. The second-order valence-corrected chi connectivity index (χ2v) is 5.23. The summed E-state index contributed by atoms with van der Waals surface area (Å²) in [5, 5.41) is 4.25. The molecule has 1 aromatic rings. The standard InChI is InChI=1S/C14H14OS/c1-2-13(15)14-9-6-10-16(14)11-12-7-4-3-5-8-12/h3-11H,2H2,1H3. The monoisotopic (exact) mass is 230 g/mol.